The van der Waals surface area contributed by atoms with Gasteiger partial charge in [-0.3, -0.25) is 24.0 Å². The van der Waals surface area contributed by atoms with Crippen molar-refractivity contribution in [1.82, 2.24) is 0 Å². The van der Waals surface area contributed by atoms with Crippen molar-refractivity contribution in [3.05, 3.63) is 64.2 Å². The largest absolute Gasteiger partial charge is 0.495 e. The zero-order chi connectivity index (χ0) is 48.8. The summed E-state index contributed by atoms with van der Waals surface area (Å²) < 4.78 is 54.2. The zero-order valence-corrected chi connectivity index (χ0v) is 39.6. The topological polar surface area (TPSA) is 201 Å². The molecule has 7 aliphatic heterocycles. The number of hydrogen-bond acceptors (Lipinski definition) is 16. The molecule has 70 heavy (non-hydrogen) atoms. The molecule has 0 aromatic rings. The highest BCUT2D eigenvalue weighted by molar-refractivity contribution is 5.86. The fraction of sp³-hybridized carbons (Fsp3) is 0.704. The number of nitriles is 1. The van der Waals surface area contributed by atoms with E-state index >= 15 is 0 Å². The van der Waals surface area contributed by atoms with Gasteiger partial charge in [0.15, 0.2) is 12.2 Å². The molecule has 0 spiro atoms. The van der Waals surface area contributed by atoms with Gasteiger partial charge in [0.1, 0.15) is 53.6 Å². The molecule has 10 aliphatic carbocycles. The highest BCUT2D eigenvalue weighted by Crippen LogP contribution is 2.59. The first-order valence-electron chi connectivity index (χ1n) is 25.6. The van der Waals surface area contributed by atoms with Gasteiger partial charge in [0.25, 0.3) is 0 Å². The monoisotopic (exact) mass is 967 g/mol. The number of carbonyl (C=O) groups excluding carboxylic acids is 5. The molecule has 376 valence electrons. The standard InChI is InChI=1S/C12H16O3.C12H16O2.C11H11NO3.C10H12O3.C9H10O4/c1-2-14-12-5-8-3-9(6-12)11(13)15-10(4-8)7-12;1-2-14-12-5-8-3-9(6-12)11(13)10(4-8)7-12;1-2-14-9-5-3-6-8(7(5)4-12)11(13)15-10(6)9;1-2-12-8-5-3-6-7(4-5)10(11)13-9(6)8;1-2-11-7-5-3-4-6(12-5)8(7)13-9(4)10/h2,8-10H,1,3-7H2;2,8-10H,1,3-7H2;2,5-10H,1,3H2;2,5-9H,1,3-4H2;2,4-8H,1,3H2. The lowest BCUT2D eigenvalue weighted by atomic mass is 9.53. The molecule has 17 rings (SSSR count). The van der Waals surface area contributed by atoms with Crippen molar-refractivity contribution in [3.8, 4) is 6.07 Å². The van der Waals surface area contributed by atoms with Gasteiger partial charge in [-0.05, 0) is 88.9 Å². The van der Waals surface area contributed by atoms with Gasteiger partial charge in [-0.2, -0.15) is 5.26 Å². The maximum atomic E-state index is 11.8. The Kier molecular flexibility index (Phi) is 12.1. The van der Waals surface area contributed by atoms with Crippen molar-refractivity contribution in [2.75, 3.05) is 0 Å². The fourth-order valence-corrected chi connectivity index (χ4v) is 16.9. The van der Waals surface area contributed by atoms with Gasteiger partial charge in [-0.1, -0.05) is 32.9 Å². The average molecular weight is 968 g/mol. The minimum Gasteiger partial charge on any atom is -0.495 e. The number of ketones is 1. The van der Waals surface area contributed by atoms with Gasteiger partial charge in [-0.25, -0.2) is 0 Å². The van der Waals surface area contributed by atoms with Crippen LogP contribution >= 0.6 is 0 Å². The Bertz CT molecular complexity index is 2160. The lowest BCUT2D eigenvalue weighted by Gasteiger charge is -2.54. The first kappa shape index (κ1) is 47.0. The third kappa shape index (κ3) is 7.73. The summed E-state index contributed by atoms with van der Waals surface area (Å²) >= 11 is 0. The molecule has 0 aromatic heterocycles. The zero-order valence-electron chi connectivity index (χ0n) is 39.6. The molecule has 0 N–H and O–H groups in total. The lowest BCUT2D eigenvalue weighted by Crippen LogP contribution is -2.55. The number of carbonyl (C=O) groups is 5. The maximum Gasteiger partial charge on any atom is 0.312 e. The normalized spacial score (nSPS) is 49.6. The van der Waals surface area contributed by atoms with Crippen LogP contribution in [0.25, 0.3) is 0 Å². The molecule has 17 aliphatic rings. The van der Waals surface area contributed by atoms with E-state index in [-0.39, 0.29) is 131 Å². The van der Waals surface area contributed by atoms with E-state index < -0.39 is 0 Å². The highest BCUT2D eigenvalue weighted by atomic mass is 16.6. The highest BCUT2D eigenvalue weighted by Gasteiger charge is 2.68. The van der Waals surface area contributed by atoms with Crippen LogP contribution in [0.15, 0.2) is 64.2 Å². The molecule has 10 saturated carbocycles. The Morgan fingerprint density at radius 3 is 1.79 bits per heavy atom. The van der Waals surface area contributed by atoms with Gasteiger partial charge < -0.3 is 47.4 Å². The average Bonchev–Trinajstić information content (AvgIpc) is 4.21. The second kappa shape index (κ2) is 18.1. The Morgan fingerprint density at radius 1 is 0.514 bits per heavy atom. The van der Waals surface area contributed by atoms with Gasteiger partial charge >= 0.3 is 23.9 Å². The van der Waals surface area contributed by atoms with Crippen LogP contribution in [0.3, 0.4) is 0 Å². The number of esters is 4. The number of rotatable bonds is 10. The minimum atomic E-state index is -0.230. The van der Waals surface area contributed by atoms with Gasteiger partial charge in [0.2, 0.25) is 0 Å². The Hall–Kier alpha value is -5.30. The summed E-state index contributed by atoms with van der Waals surface area (Å²) in [4.78, 5) is 57.7. The molecule has 0 aromatic carbocycles. The van der Waals surface area contributed by atoms with Crippen molar-refractivity contribution in [2.45, 2.75) is 156 Å². The summed E-state index contributed by atoms with van der Waals surface area (Å²) in [6, 6.07) is 2.23. The first-order valence-corrected chi connectivity index (χ1v) is 25.6. The molecule has 16 nitrogen and oxygen atoms in total. The predicted molar refractivity (Wildman–Crippen MR) is 242 cm³/mol. The van der Waals surface area contributed by atoms with Gasteiger partial charge in [0.05, 0.1) is 73.1 Å². The molecule has 16 heteroatoms. The first-order chi connectivity index (χ1) is 33.8. The van der Waals surface area contributed by atoms with Crippen LogP contribution in [0.1, 0.15) is 89.9 Å². The Morgan fingerprint density at radius 2 is 1.10 bits per heavy atom. The van der Waals surface area contributed by atoms with E-state index in [1.165, 1.54) is 25.0 Å². The number of ether oxygens (including phenoxy) is 10. The Balaban J connectivity index is 0.0000000953. The van der Waals surface area contributed by atoms with Crippen LogP contribution < -0.4 is 0 Å². The number of hydrogen-bond donors (Lipinski definition) is 0. The molecule has 0 radical (unpaired) electrons. The summed E-state index contributed by atoms with van der Waals surface area (Å²) in [5.74, 6) is 3.18. The SMILES string of the molecule is C=COC12CC3CC(C1)C(=O)C(C3)C2.C=COC12CC3CC(C1)OC(=O)C(C3)C2.C=COC1C2CC3C(=O)OC1C3C2.C=COC1C2CC3C(=O)OC1C3O2.C=COC1C2CC3C1OC(=O)C3C2C#N. The van der Waals surface area contributed by atoms with E-state index in [2.05, 4.69) is 39.0 Å². The molecular formula is C54H65NO15. The summed E-state index contributed by atoms with van der Waals surface area (Å²) in [7, 11) is 0. The second-order valence-electron chi connectivity index (χ2n) is 22.6. The van der Waals surface area contributed by atoms with Crippen molar-refractivity contribution < 1.29 is 71.3 Å². The molecule has 22 unspecified atom stereocenters. The molecule has 22 atom stereocenters. The van der Waals surface area contributed by atoms with Gasteiger partial charge in [-0.15, -0.1) is 0 Å². The maximum absolute atomic E-state index is 11.8. The number of Topliss-reactive ketones (excluding diaryl/α,β-unsaturated/α-hetero) is 1. The van der Waals surface area contributed by atoms with Crippen molar-refractivity contribution in [2.24, 2.45) is 76.9 Å². The molecule has 14 bridgehead atoms. The summed E-state index contributed by atoms with van der Waals surface area (Å²) in [6.45, 7) is 17.8. The van der Waals surface area contributed by atoms with Crippen LogP contribution in [-0.2, 0) is 71.3 Å². The lowest BCUT2D eigenvalue weighted by molar-refractivity contribution is -0.162. The van der Waals surface area contributed by atoms with Crippen LogP contribution in [0.4, 0.5) is 0 Å². The van der Waals surface area contributed by atoms with Crippen molar-refractivity contribution in [3.63, 3.8) is 0 Å². The number of nitrogens with zero attached hydrogens (tertiary/aromatic N) is 1. The molecule has 7 heterocycles. The molecule has 17 fully saturated rings. The van der Waals surface area contributed by atoms with Crippen LogP contribution in [0, 0.1) is 88.3 Å². The third-order valence-electron chi connectivity index (χ3n) is 19.0. The summed E-state index contributed by atoms with van der Waals surface area (Å²) in [6.07, 6.45) is 20.6. The predicted octanol–water partition coefficient (Wildman–Crippen LogP) is 6.49. The number of fused-ring (bicyclic) bond motifs is 4. The van der Waals surface area contributed by atoms with Gasteiger partial charge in [0, 0.05) is 48.3 Å². The van der Waals surface area contributed by atoms with E-state index in [9.17, 15) is 24.0 Å². The third-order valence-corrected chi connectivity index (χ3v) is 19.0. The van der Waals surface area contributed by atoms with E-state index in [0.717, 1.165) is 95.8 Å². The van der Waals surface area contributed by atoms with E-state index in [1.54, 1.807) is 6.26 Å². The molecular weight excluding hydrogens is 903 g/mol. The van der Waals surface area contributed by atoms with Crippen LogP contribution in [-0.4, -0.2) is 95.8 Å². The van der Waals surface area contributed by atoms with Crippen LogP contribution in [0.5, 0.6) is 0 Å². The smallest absolute Gasteiger partial charge is 0.312 e. The summed E-state index contributed by atoms with van der Waals surface area (Å²) in [5.41, 5.74) is -0.156. The molecule has 7 saturated heterocycles. The van der Waals surface area contributed by atoms with Crippen molar-refractivity contribution >= 4 is 29.7 Å². The van der Waals surface area contributed by atoms with E-state index in [4.69, 9.17) is 52.6 Å². The quantitative estimate of drug-likeness (QED) is 0.131. The van der Waals surface area contributed by atoms with Crippen molar-refractivity contribution in [1.29, 1.82) is 5.26 Å². The molecule has 0 amide bonds. The summed E-state index contributed by atoms with van der Waals surface area (Å²) in [5, 5.41) is 9.07. The fourth-order valence-electron chi connectivity index (χ4n) is 16.9. The van der Waals surface area contributed by atoms with E-state index in [1.807, 2.05) is 0 Å². The second-order valence-corrected chi connectivity index (χ2v) is 22.6. The van der Waals surface area contributed by atoms with Crippen LogP contribution in [0.2, 0.25) is 0 Å². The minimum absolute atomic E-state index is 0.00302. The van der Waals surface area contributed by atoms with E-state index in [0.29, 0.717) is 35.4 Å². The Labute approximate surface area is 408 Å².